The monoisotopic (exact) mass is 300 g/mol. The topological polar surface area (TPSA) is 32.3 Å². The molecule has 0 aromatic heterocycles. The van der Waals surface area contributed by atoms with Gasteiger partial charge in [0.15, 0.2) is 0 Å². The minimum Gasteiger partial charge on any atom is -0.334 e. The van der Waals surface area contributed by atoms with Gasteiger partial charge < -0.3 is 10.2 Å². The lowest BCUT2D eigenvalue weighted by Gasteiger charge is -2.40. The van der Waals surface area contributed by atoms with E-state index in [-0.39, 0.29) is 11.9 Å². The van der Waals surface area contributed by atoms with Crippen LogP contribution in [0.2, 0.25) is 0 Å². The van der Waals surface area contributed by atoms with Crippen molar-refractivity contribution in [3.63, 3.8) is 0 Å². The lowest BCUT2D eigenvalue weighted by Crippen LogP contribution is -2.45. The first kappa shape index (κ1) is 15.5. The number of nitrogens with one attached hydrogen (secondary N) is 1. The highest BCUT2D eigenvalue weighted by Crippen LogP contribution is 2.35. The Hall–Kier alpha value is -1.35. The summed E-state index contributed by atoms with van der Waals surface area (Å²) in [7, 11) is 0. The van der Waals surface area contributed by atoms with Gasteiger partial charge in [-0.3, -0.25) is 4.79 Å². The summed E-state index contributed by atoms with van der Waals surface area (Å²) in [6.07, 6.45) is 4.98. The number of hydrogen-bond acceptors (Lipinski definition) is 2. The number of rotatable bonds is 5. The normalized spacial score (nSPS) is 25.3. The van der Waals surface area contributed by atoms with Gasteiger partial charge in [-0.15, -0.1) is 0 Å². The molecule has 1 aromatic rings. The lowest BCUT2D eigenvalue weighted by atomic mass is 9.85. The summed E-state index contributed by atoms with van der Waals surface area (Å²) in [5, 5.41) is 3.35. The number of hydrogen-bond donors (Lipinski definition) is 1. The number of aryl methyl sites for hydroxylation is 1. The van der Waals surface area contributed by atoms with Crippen molar-refractivity contribution >= 4 is 5.91 Å². The molecule has 3 rings (SSSR count). The van der Waals surface area contributed by atoms with Crippen molar-refractivity contribution in [2.24, 2.45) is 11.8 Å². The van der Waals surface area contributed by atoms with Crippen molar-refractivity contribution < 1.29 is 4.79 Å². The molecule has 22 heavy (non-hydrogen) atoms. The Kier molecular flexibility index (Phi) is 4.82. The molecule has 1 saturated heterocycles. The third-order valence-electron chi connectivity index (χ3n) is 5.08. The van der Waals surface area contributed by atoms with Gasteiger partial charge in [0.05, 0.1) is 12.6 Å². The highest BCUT2D eigenvalue weighted by molar-refractivity contribution is 5.79. The van der Waals surface area contributed by atoms with E-state index in [0.29, 0.717) is 12.5 Å². The molecule has 1 aromatic carbocycles. The smallest absolute Gasteiger partial charge is 0.237 e. The molecule has 1 N–H and O–H groups in total. The summed E-state index contributed by atoms with van der Waals surface area (Å²) < 4.78 is 0. The molecule has 2 fully saturated rings. The molecular weight excluding hydrogens is 272 g/mol. The Bertz CT molecular complexity index is 507. The molecule has 1 heterocycles. The molecular formula is C19H28N2O. The maximum Gasteiger partial charge on any atom is 0.237 e. The van der Waals surface area contributed by atoms with Crippen LogP contribution in [0.4, 0.5) is 0 Å². The minimum atomic E-state index is 0.240. The molecule has 1 aliphatic heterocycles. The summed E-state index contributed by atoms with van der Waals surface area (Å²) in [5.74, 6) is 1.61. The fourth-order valence-electron chi connectivity index (χ4n) is 3.55. The summed E-state index contributed by atoms with van der Waals surface area (Å²) in [5.41, 5.74) is 2.56. The molecule has 1 aliphatic carbocycles. The number of nitrogens with zero attached hydrogens (tertiary/aromatic N) is 1. The van der Waals surface area contributed by atoms with E-state index in [0.717, 1.165) is 25.4 Å². The van der Waals surface area contributed by atoms with E-state index in [1.54, 1.807) is 0 Å². The summed E-state index contributed by atoms with van der Waals surface area (Å²) in [4.78, 5) is 14.8. The maximum atomic E-state index is 12.7. The van der Waals surface area contributed by atoms with E-state index >= 15 is 0 Å². The van der Waals surface area contributed by atoms with Gasteiger partial charge in [-0.2, -0.15) is 0 Å². The molecule has 120 valence electrons. The molecule has 0 radical (unpaired) electrons. The molecule has 1 saturated carbocycles. The van der Waals surface area contributed by atoms with Crippen molar-refractivity contribution in [2.75, 3.05) is 19.6 Å². The van der Waals surface area contributed by atoms with Crippen LogP contribution < -0.4 is 5.32 Å². The van der Waals surface area contributed by atoms with E-state index in [4.69, 9.17) is 0 Å². The van der Waals surface area contributed by atoms with Crippen LogP contribution in [0.3, 0.4) is 0 Å². The van der Waals surface area contributed by atoms with E-state index < -0.39 is 0 Å². The summed E-state index contributed by atoms with van der Waals surface area (Å²) in [6.45, 7) is 6.78. The van der Waals surface area contributed by atoms with Crippen LogP contribution in [-0.2, 0) is 4.79 Å². The van der Waals surface area contributed by atoms with E-state index in [2.05, 4.69) is 48.3 Å². The van der Waals surface area contributed by atoms with Gasteiger partial charge >= 0.3 is 0 Å². The standard InChI is InChI=1S/C19H28N2O/c1-14-5-9-17(10-6-14)19-15(2)4-3-11-21(19)18(22)13-20-12-16-7-8-16/h5-6,9-10,15-16,19-20H,3-4,7-8,11-13H2,1-2H3. The van der Waals surface area contributed by atoms with Crippen LogP contribution in [0, 0.1) is 18.8 Å². The third-order valence-corrected chi connectivity index (χ3v) is 5.08. The van der Waals surface area contributed by atoms with Gasteiger partial charge in [0.25, 0.3) is 0 Å². The summed E-state index contributed by atoms with van der Waals surface area (Å²) >= 11 is 0. The van der Waals surface area contributed by atoms with Gasteiger partial charge in [-0.1, -0.05) is 36.8 Å². The number of carbonyl (C=O) groups excluding carboxylic acids is 1. The van der Waals surface area contributed by atoms with Crippen molar-refractivity contribution in [2.45, 2.75) is 45.6 Å². The van der Waals surface area contributed by atoms with Crippen LogP contribution in [-0.4, -0.2) is 30.4 Å². The SMILES string of the molecule is Cc1ccc(C2C(C)CCCN2C(=O)CNCC2CC2)cc1. The van der Waals surface area contributed by atoms with E-state index in [1.165, 1.54) is 30.4 Å². The molecule has 0 bridgehead atoms. The Balaban J connectivity index is 1.68. The van der Waals surface area contributed by atoms with Gasteiger partial charge in [-0.05, 0) is 56.6 Å². The molecule has 2 atom stereocenters. The van der Waals surface area contributed by atoms with Crippen molar-refractivity contribution in [1.29, 1.82) is 0 Å². The first-order valence-corrected chi connectivity index (χ1v) is 8.72. The molecule has 3 nitrogen and oxygen atoms in total. The highest BCUT2D eigenvalue weighted by Gasteiger charge is 2.32. The first-order valence-electron chi connectivity index (χ1n) is 8.72. The molecule has 2 aliphatic rings. The number of amides is 1. The van der Waals surface area contributed by atoms with Gasteiger partial charge in [-0.25, -0.2) is 0 Å². The summed E-state index contributed by atoms with van der Waals surface area (Å²) in [6, 6.07) is 8.94. The van der Waals surface area contributed by atoms with Crippen LogP contribution in [0.25, 0.3) is 0 Å². The highest BCUT2D eigenvalue weighted by atomic mass is 16.2. The van der Waals surface area contributed by atoms with Crippen molar-refractivity contribution in [3.05, 3.63) is 35.4 Å². The molecule has 0 spiro atoms. The second-order valence-corrected chi connectivity index (χ2v) is 7.14. The predicted octanol–water partition coefficient (Wildman–Crippen LogP) is 3.29. The quantitative estimate of drug-likeness (QED) is 0.905. The number of piperidine rings is 1. The van der Waals surface area contributed by atoms with Crippen LogP contribution in [0.1, 0.15) is 49.8 Å². The average Bonchev–Trinajstić information content (AvgIpc) is 3.32. The Morgan fingerprint density at radius 1 is 1.23 bits per heavy atom. The average molecular weight is 300 g/mol. The second kappa shape index (κ2) is 6.82. The number of likely N-dealkylation sites (tertiary alicyclic amines) is 1. The van der Waals surface area contributed by atoms with Crippen LogP contribution >= 0.6 is 0 Å². The van der Waals surface area contributed by atoms with Gasteiger partial charge in [0.2, 0.25) is 5.91 Å². The number of benzene rings is 1. The maximum absolute atomic E-state index is 12.7. The fourth-order valence-corrected chi connectivity index (χ4v) is 3.55. The zero-order valence-electron chi connectivity index (χ0n) is 13.8. The molecule has 3 heteroatoms. The first-order chi connectivity index (χ1) is 10.6. The van der Waals surface area contributed by atoms with Crippen LogP contribution in [0.15, 0.2) is 24.3 Å². The van der Waals surface area contributed by atoms with Gasteiger partial charge in [0.1, 0.15) is 0 Å². The van der Waals surface area contributed by atoms with Crippen LogP contribution in [0.5, 0.6) is 0 Å². The third kappa shape index (κ3) is 3.70. The van der Waals surface area contributed by atoms with Crippen molar-refractivity contribution in [1.82, 2.24) is 10.2 Å². The van der Waals surface area contributed by atoms with E-state index in [1.807, 2.05) is 0 Å². The second-order valence-electron chi connectivity index (χ2n) is 7.14. The Morgan fingerprint density at radius 2 is 1.95 bits per heavy atom. The van der Waals surface area contributed by atoms with Gasteiger partial charge in [0, 0.05) is 6.54 Å². The Labute approximate surface area is 134 Å². The van der Waals surface area contributed by atoms with Crippen molar-refractivity contribution in [3.8, 4) is 0 Å². The zero-order valence-corrected chi connectivity index (χ0v) is 13.8. The zero-order chi connectivity index (χ0) is 15.5. The Morgan fingerprint density at radius 3 is 2.64 bits per heavy atom. The predicted molar refractivity (Wildman–Crippen MR) is 89.6 cm³/mol. The lowest BCUT2D eigenvalue weighted by molar-refractivity contribution is -0.135. The molecule has 2 unspecified atom stereocenters. The number of carbonyl (C=O) groups is 1. The minimum absolute atomic E-state index is 0.240. The fraction of sp³-hybridized carbons (Fsp3) is 0.632. The largest absolute Gasteiger partial charge is 0.334 e. The van der Waals surface area contributed by atoms with E-state index in [9.17, 15) is 4.79 Å². The molecule has 1 amide bonds.